The third-order valence-corrected chi connectivity index (χ3v) is 7.42. The minimum Gasteiger partial charge on any atom is -0.382 e. The maximum absolute atomic E-state index is 12.9. The number of anilines is 2. The molecule has 0 bridgehead atoms. The van der Waals surface area contributed by atoms with Gasteiger partial charge in [0.2, 0.25) is 0 Å². The van der Waals surface area contributed by atoms with E-state index in [1.165, 1.54) is 43.4 Å². The molecule has 0 radical (unpaired) electrons. The first-order valence-corrected chi connectivity index (χ1v) is 11.6. The van der Waals surface area contributed by atoms with Crippen molar-refractivity contribution in [3.8, 4) is 0 Å². The molecule has 1 aromatic carbocycles. The van der Waals surface area contributed by atoms with E-state index >= 15 is 0 Å². The van der Waals surface area contributed by atoms with E-state index in [1.54, 1.807) is 4.57 Å². The molecule has 3 heterocycles. The van der Waals surface area contributed by atoms with Crippen LogP contribution in [0.5, 0.6) is 0 Å². The Bertz CT molecular complexity index is 1160. The number of nitrogens with one attached hydrogen (secondary N) is 2. The minimum absolute atomic E-state index is 0.0153. The lowest BCUT2D eigenvalue weighted by Crippen LogP contribution is -2.22. The lowest BCUT2D eigenvalue weighted by molar-refractivity contribution is 0.103. The van der Waals surface area contributed by atoms with Crippen LogP contribution in [0.2, 0.25) is 0 Å². The van der Waals surface area contributed by atoms with Crippen LogP contribution >= 0.6 is 11.3 Å². The number of hydrogen-bond donors (Lipinski definition) is 2. The van der Waals surface area contributed by atoms with Gasteiger partial charge < -0.3 is 10.6 Å². The first kappa shape index (κ1) is 19.3. The van der Waals surface area contributed by atoms with Crippen molar-refractivity contribution in [1.29, 1.82) is 0 Å². The highest BCUT2D eigenvalue weighted by Gasteiger charge is 2.23. The Kier molecular flexibility index (Phi) is 5.06. The lowest BCUT2D eigenvalue weighted by Gasteiger charge is -2.23. The van der Waals surface area contributed by atoms with E-state index in [1.807, 2.05) is 31.2 Å². The summed E-state index contributed by atoms with van der Waals surface area (Å²) in [5.74, 6) is 0.648. The molecule has 156 valence electrons. The van der Waals surface area contributed by atoms with Gasteiger partial charge in [-0.2, -0.15) is 0 Å². The number of carbonyl (C=O) groups excluding carboxylic acids is 1. The zero-order valence-electron chi connectivity index (χ0n) is 17.2. The molecule has 6 nitrogen and oxygen atoms in total. The van der Waals surface area contributed by atoms with Crippen LogP contribution in [-0.2, 0) is 13.0 Å². The molecule has 0 atom stereocenters. The molecule has 0 unspecified atom stereocenters. The van der Waals surface area contributed by atoms with Gasteiger partial charge >= 0.3 is 0 Å². The summed E-state index contributed by atoms with van der Waals surface area (Å²) in [6.45, 7) is 2.56. The van der Waals surface area contributed by atoms with Crippen molar-refractivity contribution in [2.75, 3.05) is 10.6 Å². The number of benzene rings is 1. The van der Waals surface area contributed by atoms with Crippen LogP contribution in [0.1, 0.15) is 59.6 Å². The van der Waals surface area contributed by atoms with E-state index in [2.05, 4.69) is 15.6 Å². The normalized spacial score (nSPS) is 16.6. The fraction of sp³-hybridized carbons (Fsp3) is 0.435. The second-order valence-electron chi connectivity index (χ2n) is 8.34. The summed E-state index contributed by atoms with van der Waals surface area (Å²) in [5.41, 5.74) is 2.55. The first-order valence-electron chi connectivity index (χ1n) is 10.8. The topological polar surface area (TPSA) is 76.0 Å². The Balaban J connectivity index is 1.34. The summed E-state index contributed by atoms with van der Waals surface area (Å²) >= 11 is 1.31. The van der Waals surface area contributed by atoms with Gasteiger partial charge in [0.1, 0.15) is 10.7 Å². The molecule has 0 spiro atoms. The van der Waals surface area contributed by atoms with Gasteiger partial charge in [-0.15, -0.1) is 11.3 Å². The number of aryl methyl sites for hydroxylation is 2. The van der Waals surface area contributed by atoms with Crippen LogP contribution in [0.4, 0.5) is 11.4 Å². The Morgan fingerprint density at radius 3 is 2.60 bits per heavy atom. The number of hydrogen-bond acceptors (Lipinski definition) is 5. The number of carbonyl (C=O) groups is 1. The predicted molar refractivity (Wildman–Crippen MR) is 122 cm³/mol. The Labute approximate surface area is 179 Å². The molecular weight excluding hydrogens is 396 g/mol. The van der Waals surface area contributed by atoms with Crippen molar-refractivity contribution in [2.24, 2.45) is 0 Å². The molecule has 2 aromatic heterocycles. The fourth-order valence-electron chi connectivity index (χ4n) is 4.61. The highest BCUT2D eigenvalue weighted by Crippen LogP contribution is 2.29. The van der Waals surface area contributed by atoms with Crippen molar-refractivity contribution < 1.29 is 4.79 Å². The zero-order valence-corrected chi connectivity index (χ0v) is 18.0. The van der Waals surface area contributed by atoms with Crippen molar-refractivity contribution in [2.45, 2.75) is 64.5 Å². The highest BCUT2D eigenvalue weighted by atomic mass is 32.1. The molecule has 3 aromatic rings. The van der Waals surface area contributed by atoms with Gasteiger partial charge in [-0.05, 0) is 56.0 Å². The van der Waals surface area contributed by atoms with E-state index in [9.17, 15) is 9.59 Å². The van der Waals surface area contributed by atoms with E-state index in [4.69, 9.17) is 0 Å². The number of amides is 1. The molecule has 1 aliphatic carbocycles. The van der Waals surface area contributed by atoms with Crippen molar-refractivity contribution in [3.63, 3.8) is 0 Å². The van der Waals surface area contributed by atoms with Gasteiger partial charge in [0.15, 0.2) is 0 Å². The molecule has 30 heavy (non-hydrogen) atoms. The van der Waals surface area contributed by atoms with Gasteiger partial charge in [-0.25, -0.2) is 4.98 Å². The summed E-state index contributed by atoms with van der Waals surface area (Å²) in [4.78, 5) is 31.6. The lowest BCUT2D eigenvalue weighted by atomic mass is 9.95. The smallest absolute Gasteiger partial charge is 0.266 e. The number of rotatable bonds is 4. The molecular formula is C23H26N4O2S. The molecule has 1 amide bonds. The van der Waals surface area contributed by atoms with E-state index in [0.29, 0.717) is 21.1 Å². The van der Waals surface area contributed by atoms with E-state index in [-0.39, 0.29) is 11.5 Å². The summed E-state index contributed by atoms with van der Waals surface area (Å²) in [6, 6.07) is 8.43. The van der Waals surface area contributed by atoms with Gasteiger partial charge in [0, 0.05) is 30.4 Å². The van der Waals surface area contributed by atoms with Crippen LogP contribution in [0.15, 0.2) is 29.1 Å². The second kappa shape index (κ2) is 7.87. The summed E-state index contributed by atoms with van der Waals surface area (Å²) < 4.78 is 1.75. The minimum atomic E-state index is -0.187. The third kappa shape index (κ3) is 3.51. The fourth-order valence-corrected chi connectivity index (χ4v) is 5.70. The maximum Gasteiger partial charge on any atom is 0.266 e. The largest absolute Gasteiger partial charge is 0.382 e. The Morgan fingerprint density at radius 1 is 1.10 bits per heavy atom. The van der Waals surface area contributed by atoms with Gasteiger partial charge in [-0.1, -0.05) is 19.3 Å². The average Bonchev–Trinajstić information content (AvgIpc) is 3.35. The molecule has 2 aliphatic rings. The second-order valence-corrected chi connectivity index (χ2v) is 9.33. The van der Waals surface area contributed by atoms with Crippen molar-refractivity contribution in [3.05, 3.63) is 50.9 Å². The van der Waals surface area contributed by atoms with E-state index in [0.717, 1.165) is 42.1 Å². The van der Waals surface area contributed by atoms with E-state index < -0.39 is 0 Å². The van der Waals surface area contributed by atoms with Crippen LogP contribution in [0.3, 0.4) is 0 Å². The molecule has 7 heteroatoms. The molecule has 0 saturated heterocycles. The third-order valence-electron chi connectivity index (χ3n) is 6.24. The summed E-state index contributed by atoms with van der Waals surface area (Å²) in [6.07, 6.45) is 8.15. The zero-order chi connectivity index (χ0) is 20.7. The van der Waals surface area contributed by atoms with Crippen LogP contribution in [0.25, 0.3) is 10.2 Å². The molecule has 1 saturated carbocycles. The number of thiophene rings is 1. The summed E-state index contributed by atoms with van der Waals surface area (Å²) in [7, 11) is 0. The Hall–Kier alpha value is -2.67. The monoisotopic (exact) mass is 422 g/mol. The van der Waals surface area contributed by atoms with Crippen molar-refractivity contribution in [1.82, 2.24) is 9.55 Å². The SMILES string of the molecule is Cc1c(C(=O)Nc2ccc(NC3CCCCC3)cc2)sc2nc3n(c(=O)c12)CCC3. The number of fused-ring (bicyclic) bond motifs is 2. The summed E-state index contributed by atoms with van der Waals surface area (Å²) in [5, 5.41) is 7.15. The Morgan fingerprint density at radius 2 is 1.83 bits per heavy atom. The standard InChI is InChI=1S/C23H26N4O2S/c1-14-19-22(26-18-8-5-13-27(18)23(19)29)30-20(14)21(28)25-17-11-9-16(10-12-17)24-15-6-3-2-4-7-15/h9-12,15,24H,2-8,13H2,1H3,(H,25,28). The molecule has 2 N–H and O–H groups in total. The maximum atomic E-state index is 12.9. The van der Waals surface area contributed by atoms with Crippen molar-refractivity contribution >= 4 is 38.8 Å². The van der Waals surface area contributed by atoms with Crippen LogP contribution in [0, 0.1) is 6.92 Å². The number of nitrogens with zero attached hydrogens (tertiary/aromatic N) is 2. The molecule has 1 aliphatic heterocycles. The van der Waals surface area contributed by atoms with Crippen LogP contribution in [-0.4, -0.2) is 21.5 Å². The molecule has 1 fully saturated rings. The highest BCUT2D eigenvalue weighted by molar-refractivity contribution is 7.20. The predicted octanol–water partition coefficient (Wildman–Crippen LogP) is 4.71. The first-order chi connectivity index (χ1) is 14.6. The molecule has 5 rings (SSSR count). The van der Waals surface area contributed by atoms with Gasteiger partial charge in [-0.3, -0.25) is 14.2 Å². The average molecular weight is 423 g/mol. The quantitative estimate of drug-likeness (QED) is 0.638. The van der Waals surface area contributed by atoms with Gasteiger partial charge in [0.05, 0.1) is 10.3 Å². The van der Waals surface area contributed by atoms with Gasteiger partial charge in [0.25, 0.3) is 11.5 Å². The number of aromatic nitrogens is 2. The van der Waals surface area contributed by atoms with Crippen LogP contribution < -0.4 is 16.2 Å².